The van der Waals surface area contributed by atoms with Crippen molar-refractivity contribution in [2.45, 2.75) is 19.4 Å². The quantitative estimate of drug-likeness (QED) is 0.826. The summed E-state index contributed by atoms with van der Waals surface area (Å²) in [6.07, 6.45) is 3.22. The molecule has 1 atom stereocenters. The molecule has 3 heteroatoms. The molecule has 0 aliphatic carbocycles. The molecule has 0 fully saturated rings. The Morgan fingerprint density at radius 3 is 2.86 bits per heavy atom. The standard InChI is InChI=1S/C11H15NOS/c1-8-5-6-10(14-8)11(12-2)9-4-3-7-13-9/h4-6,11-12H,3,7H2,1-2H3. The second-order valence-electron chi connectivity index (χ2n) is 3.41. The molecule has 76 valence electrons. The summed E-state index contributed by atoms with van der Waals surface area (Å²) >= 11 is 1.82. The highest BCUT2D eigenvalue weighted by atomic mass is 32.1. The largest absolute Gasteiger partial charge is 0.496 e. The average Bonchev–Trinajstić information content (AvgIpc) is 2.79. The maximum Gasteiger partial charge on any atom is 0.114 e. The van der Waals surface area contributed by atoms with E-state index < -0.39 is 0 Å². The van der Waals surface area contributed by atoms with Crippen molar-refractivity contribution in [3.05, 3.63) is 33.7 Å². The van der Waals surface area contributed by atoms with E-state index in [2.05, 4.69) is 30.4 Å². The predicted molar refractivity (Wildman–Crippen MR) is 59.5 cm³/mol. The van der Waals surface area contributed by atoms with Crippen LogP contribution in [0.2, 0.25) is 0 Å². The van der Waals surface area contributed by atoms with Crippen molar-refractivity contribution in [1.29, 1.82) is 0 Å². The van der Waals surface area contributed by atoms with Gasteiger partial charge in [0.2, 0.25) is 0 Å². The van der Waals surface area contributed by atoms with Gasteiger partial charge in [-0.1, -0.05) is 0 Å². The summed E-state index contributed by atoms with van der Waals surface area (Å²) in [5.41, 5.74) is 0. The van der Waals surface area contributed by atoms with Gasteiger partial charge in [-0.25, -0.2) is 0 Å². The van der Waals surface area contributed by atoms with Crippen molar-refractivity contribution >= 4 is 11.3 Å². The minimum atomic E-state index is 0.246. The van der Waals surface area contributed by atoms with Crippen LogP contribution >= 0.6 is 11.3 Å². The first-order valence-corrected chi connectivity index (χ1v) is 5.69. The van der Waals surface area contributed by atoms with Crippen LogP contribution in [0.1, 0.15) is 22.2 Å². The summed E-state index contributed by atoms with van der Waals surface area (Å²) in [6, 6.07) is 4.57. The maximum atomic E-state index is 5.57. The lowest BCUT2D eigenvalue weighted by Crippen LogP contribution is -2.17. The summed E-state index contributed by atoms with van der Waals surface area (Å²) < 4.78 is 5.57. The van der Waals surface area contributed by atoms with E-state index >= 15 is 0 Å². The molecule has 1 aromatic rings. The summed E-state index contributed by atoms with van der Waals surface area (Å²) in [4.78, 5) is 2.68. The van der Waals surface area contributed by atoms with Gasteiger partial charge in [-0.05, 0) is 32.2 Å². The molecule has 0 bridgehead atoms. The number of nitrogens with one attached hydrogen (secondary N) is 1. The first kappa shape index (κ1) is 9.74. The zero-order chi connectivity index (χ0) is 9.97. The number of hydrogen-bond acceptors (Lipinski definition) is 3. The molecule has 1 aliphatic heterocycles. The molecular weight excluding hydrogens is 194 g/mol. The Balaban J connectivity index is 2.20. The van der Waals surface area contributed by atoms with Gasteiger partial charge in [0.1, 0.15) is 5.76 Å². The molecule has 0 amide bonds. The Morgan fingerprint density at radius 1 is 1.50 bits per heavy atom. The van der Waals surface area contributed by atoms with Crippen LogP contribution in [-0.4, -0.2) is 13.7 Å². The third kappa shape index (κ3) is 1.83. The number of hydrogen-bond donors (Lipinski definition) is 1. The Bertz CT molecular complexity index is 343. The van der Waals surface area contributed by atoms with E-state index in [0.717, 1.165) is 18.8 Å². The molecule has 1 aromatic heterocycles. The van der Waals surface area contributed by atoms with Gasteiger partial charge in [-0.15, -0.1) is 11.3 Å². The molecule has 2 nitrogen and oxygen atoms in total. The molecule has 0 aromatic carbocycles. The zero-order valence-electron chi connectivity index (χ0n) is 8.54. The Hall–Kier alpha value is -0.800. The smallest absolute Gasteiger partial charge is 0.114 e. The van der Waals surface area contributed by atoms with E-state index in [1.54, 1.807) is 0 Å². The van der Waals surface area contributed by atoms with Crippen molar-refractivity contribution < 1.29 is 4.74 Å². The summed E-state index contributed by atoms with van der Waals surface area (Å²) in [6.45, 7) is 2.96. The van der Waals surface area contributed by atoms with E-state index in [-0.39, 0.29) is 6.04 Å². The predicted octanol–water partition coefficient (Wildman–Crippen LogP) is 2.62. The zero-order valence-corrected chi connectivity index (χ0v) is 9.36. The molecule has 0 saturated carbocycles. The number of thiophene rings is 1. The molecular formula is C11H15NOS. The van der Waals surface area contributed by atoms with E-state index in [1.807, 2.05) is 18.4 Å². The van der Waals surface area contributed by atoms with Gasteiger partial charge in [0.05, 0.1) is 12.6 Å². The molecule has 0 radical (unpaired) electrons. The van der Waals surface area contributed by atoms with Gasteiger partial charge < -0.3 is 10.1 Å². The van der Waals surface area contributed by atoms with Crippen LogP contribution in [0.25, 0.3) is 0 Å². The van der Waals surface area contributed by atoms with Crippen molar-refractivity contribution in [2.75, 3.05) is 13.7 Å². The van der Waals surface area contributed by atoms with Crippen molar-refractivity contribution in [1.82, 2.24) is 5.32 Å². The fourth-order valence-corrected chi connectivity index (χ4v) is 2.67. The lowest BCUT2D eigenvalue weighted by atomic mass is 10.2. The molecule has 1 N–H and O–H groups in total. The van der Waals surface area contributed by atoms with Crippen molar-refractivity contribution in [3.63, 3.8) is 0 Å². The lowest BCUT2D eigenvalue weighted by molar-refractivity contribution is 0.219. The SMILES string of the molecule is CNC(C1=CCCO1)c1ccc(C)s1. The van der Waals surface area contributed by atoms with Gasteiger partial charge in [-0.3, -0.25) is 0 Å². The van der Waals surface area contributed by atoms with Crippen molar-refractivity contribution in [2.24, 2.45) is 0 Å². The number of ether oxygens (including phenoxy) is 1. The molecule has 0 spiro atoms. The second-order valence-corrected chi connectivity index (χ2v) is 4.73. The van der Waals surface area contributed by atoms with Crippen LogP contribution in [0.15, 0.2) is 24.0 Å². The van der Waals surface area contributed by atoms with Gasteiger partial charge in [0.15, 0.2) is 0 Å². The molecule has 2 heterocycles. The Kier molecular flexibility index (Phi) is 2.89. The topological polar surface area (TPSA) is 21.3 Å². The maximum absolute atomic E-state index is 5.57. The third-order valence-corrected chi connectivity index (χ3v) is 3.42. The minimum absolute atomic E-state index is 0.246. The molecule has 0 saturated heterocycles. The first-order valence-electron chi connectivity index (χ1n) is 4.87. The first-order chi connectivity index (χ1) is 6.81. The van der Waals surface area contributed by atoms with Crippen LogP contribution in [0.3, 0.4) is 0 Å². The van der Waals surface area contributed by atoms with Gasteiger partial charge in [0.25, 0.3) is 0 Å². The summed E-state index contributed by atoms with van der Waals surface area (Å²) in [5, 5.41) is 3.29. The van der Waals surface area contributed by atoms with Gasteiger partial charge in [-0.2, -0.15) is 0 Å². The monoisotopic (exact) mass is 209 g/mol. The Labute approximate surface area is 88.6 Å². The highest BCUT2D eigenvalue weighted by Crippen LogP contribution is 2.30. The van der Waals surface area contributed by atoms with Crippen LogP contribution in [0, 0.1) is 6.92 Å². The minimum Gasteiger partial charge on any atom is -0.496 e. The van der Waals surface area contributed by atoms with Gasteiger partial charge in [0, 0.05) is 16.2 Å². The fraction of sp³-hybridized carbons (Fsp3) is 0.455. The van der Waals surface area contributed by atoms with E-state index in [4.69, 9.17) is 4.74 Å². The second kappa shape index (κ2) is 4.15. The van der Waals surface area contributed by atoms with Gasteiger partial charge >= 0.3 is 0 Å². The van der Waals surface area contributed by atoms with Crippen LogP contribution in [0.4, 0.5) is 0 Å². The number of aryl methyl sites for hydroxylation is 1. The number of rotatable bonds is 3. The molecule has 1 unspecified atom stereocenters. The molecule has 14 heavy (non-hydrogen) atoms. The highest BCUT2D eigenvalue weighted by molar-refractivity contribution is 7.12. The fourth-order valence-electron chi connectivity index (χ4n) is 1.67. The highest BCUT2D eigenvalue weighted by Gasteiger charge is 2.20. The average molecular weight is 209 g/mol. The lowest BCUT2D eigenvalue weighted by Gasteiger charge is -2.15. The third-order valence-electron chi connectivity index (χ3n) is 2.35. The normalized spacial score (nSPS) is 17.7. The summed E-state index contributed by atoms with van der Waals surface area (Å²) in [5.74, 6) is 1.08. The number of likely N-dealkylation sites (N-methyl/N-ethyl adjacent to an activating group) is 1. The summed E-state index contributed by atoms with van der Waals surface area (Å²) in [7, 11) is 1.97. The molecule has 1 aliphatic rings. The van der Waals surface area contributed by atoms with E-state index in [0.29, 0.717) is 0 Å². The van der Waals surface area contributed by atoms with Crippen LogP contribution in [0.5, 0.6) is 0 Å². The van der Waals surface area contributed by atoms with E-state index in [1.165, 1.54) is 9.75 Å². The van der Waals surface area contributed by atoms with E-state index in [9.17, 15) is 0 Å². The van der Waals surface area contributed by atoms with Crippen LogP contribution in [-0.2, 0) is 4.74 Å². The molecule has 2 rings (SSSR count). The van der Waals surface area contributed by atoms with Crippen LogP contribution < -0.4 is 5.32 Å². The van der Waals surface area contributed by atoms with Crippen molar-refractivity contribution in [3.8, 4) is 0 Å². The Morgan fingerprint density at radius 2 is 2.36 bits per heavy atom.